The van der Waals surface area contributed by atoms with E-state index in [1.54, 1.807) is 0 Å². The minimum atomic E-state index is 0.0657. The molecule has 142 valence electrons. The van der Waals surface area contributed by atoms with Crippen LogP contribution in [-0.4, -0.2) is 6.61 Å². The van der Waals surface area contributed by atoms with Crippen molar-refractivity contribution in [3.05, 3.63) is 82.0 Å². The summed E-state index contributed by atoms with van der Waals surface area (Å²) in [7, 11) is 0. The number of thiophene rings is 1. The molecule has 1 unspecified atom stereocenters. The summed E-state index contributed by atoms with van der Waals surface area (Å²) in [6.07, 6.45) is 2.15. The third-order valence-electron chi connectivity index (χ3n) is 5.00. The Balaban J connectivity index is 1.60. The summed E-state index contributed by atoms with van der Waals surface area (Å²) < 4.78 is 12.0. The first-order valence-corrected chi connectivity index (χ1v) is 10.5. The van der Waals surface area contributed by atoms with E-state index in [1.807, 2.05) is 53.8 Å². The van der Waals surface area contributed by atoms with Crippen molar-refractivity contribution in [3.8, 4) is 11.5 Å². The number of aryl methyl sites for hydroxylation is 1. The van der Waals surface area contributed by atoms with Gasteiger partial charge >= 0.3 is 0 Å². The number of hydrogen-bond acceptors (Lipinski definition) is 3. The maximum Gasteiger partial charge on any atom is 0.127 e. The molecule has 0 aliphatic heterocycles. The molecule has 2 nitrogen and oxygen atoms in total. The van der Waals surface area contributed by atoms with E-state index in [0.29, 0.717) is 6.61 Å². The molecule has 1 heterocycles. The maximum absolute atomic E-state index is 6.13. The van der Waals surface area contributed by atoms with Gasteiger partial charge in [0.2, 0.25) is 0 Å². The van der Waals surface area contributed by atoms with Crippen LogP contribution in [0, 0.1) is 0 Å². The monoisotopic (exact) mass is 380 g/mol. The number of benzene rings is 2. The highest BCUT2D eigenvalue weighted by Gasteiger charge is 2.26. The summed E-state index contributed by atoms with van der Waals surface area (Å²) >= 11 is 1.86. The molecule has 0 aliphatic carbocycles. The lowest BCUT2D eigenvalue weighted by Crippen LogP contribution is -2.26. The molecule has 0 aliphatic rings. The van der Waals surface area contributed by atoms with Crippen LogP contribution in [0.15, 0.2) is 66.0 Å². The van der Waals surface area contributed by atoms with Crippen LogP contribution in [-0.2, 0) is 23.2 Å². The largest absolute Gasteiger partial charge is 0.457 e. The third-order valence-corrected chi connectivity index (χ3v) is 6.29. The fraction of sp³-hybridized carbons (Fsp3) is 0.333. The third kappa shape index (κ3) is 5.21. The minimum absolute atomic E-state index is 0.0657. The summed E-state index contributed by atoms with van der Waals surface area (Å²) in [6.45, 7) is 8.05. The van der Waals surface area contributed by atoms with Crippen molar-refractivity contribution in [1.82, 2.24) is 0 Å². The minimum Gasteiger partial charge on any atom is -0.457 e. The van der Waals surface area contributed by atoms with Gasteiger partial charge in [0.15, 0.2) is 0 Å². The van der Waals surface area contributed by atoms with Crippen LogP contribution in [0.3, 0.4) is 0 Å². The molecule has 0 saturated carbocycles. The molecular formula is C24H28O2S. The lowest BCUT2D eigenvalue weighted by Gasteiger charge is -2.27. The van der Waals surface area contributed by atoms with Gasteiger partial charge in [-0.2, -0.15) is 0 Å². The number of hydrogen-bond donors (Lipinski definition) is 0. The molecular weight excluding hydrogens is 352 g/mol. The molecule has 3 aromatic rings. The highest BCUT2D eigenvalue weighted by molar-refractivity contribution is 7.10. The van der Waals surface area contributed by atoms with E-state index in [9.17, 15) is 0 Å². The van der Waals surface area contributed by atoms with Crippen LogP contribution in [0.2, 0.25) is 0 Å². The second-order valence-electron chi connectivity index (χ2n) is 7.14. The summed E-state index contributed by atoms with van der Waals surface area (Å²) in [6, 6.07) is 20.3. The van der Waals surface area contributed by atoms with E-state index in [-0.39, 0.29) is 5.41 Å². The normalized spacial score (nSPS) is 13.3. The van der Waals surface area contributed by atoms with Gasteiger partial charge < -0.3 is 9.47 Å². The van der Waals surface area contributed by atoms with Gasteiger partial charge in [0, 0.05) is 10.3 Å². The SMILES string of the molecule is CCc1csc(C(C)(CC)COCc2cccc(Oc3ccccc3)c2)c1. The van der Waals surface area contributed by atoms with Crippen molar-refractivity contribution in [3.63, 3.8) is 0 Å². The van der Waals surface area contributed by atoms with Gasteiger partial charge in [0.25, 0.3) is 0 Å². The van der Waals surface area contributed by atoms with Crippen molar-refractivity contribution in [2.75, 3.05) is 6.61 Å². The zero-order chi connectivity index (χ0) is 19.1. The highest BCUT2D eigenvalue weighted by atomic mass is 32.1. The van der Waals surface area contributed by atoms with Gasteiger partial charge in [0.05, 0.1) is 13.2 Å². The Hall–Kier alpha value is -2.10. The standard InChI is InChI=1S/C24H28O2S/c1-4-19-15-23(27-17-19)24(3,5-2)18-25-16-20-10-9-13-22(14-20)26-21-11-7-6-8-12-21/h6-15,17H,4-5,16,18H2,1-3H3. The molecule has 3 heteroatoms. The molecule has 27 heavy (non-hydrogen) atoms. The van der Waals surface area contributed by atoms with Crippen LogP contribution >= 0.6 is 11.3 Å². The molecule has 3 rings (SSSR count). The van der Waals surface area contributed by atoms with E-state index >= 15 is 0 Å². The second kappa shape index (κ2) is 9.20. The zero-order valence-electron chi connectivity index (χ0n) is 16.4. The van der Waals surface area contributed by atoms with E-state index in [0.717, 1.165) is 36.5 Å². The smallest absolute Gasteiger partial charge is 0.127 e. The highest BCUT2D eigenvalue weighted by Crippen LogP contribution is 2.33. The quantitative estimate of drug-likeness (QED) is 0.398. The van der Waals surface area contributed by atoms with Crippen LogP contribution in [0.1, 0.15) is 43.2 Å². The van der Waals surface area contributed by atoms with Gasteiger partial charge in [-0.25, -0.2) is 0 Å². The first-order chi connectivity index (χ1) is 13.1. The molecule has 1 atom stereocenters. The molecule has 0 N–H and O–H groups in total. The Morgan fingerprint density at radius 3 is 2.37 bits per heavy atom. The van der Waals surface area contributed by atoms with E-state index in [4.69, 9.17) is 9.47 Å². The molecule has 0 fully saturated rings. The Kier molecular flexibility index (Phi) is 6.70. The second-order valence-corrected chi connectivity index (χ2v) is 8.05. The van der Waals surface area contributed by atoms with Gasteiger partial charge in [-0.05, 0) is 59.7 Å². The maximum atomic E-state index is 6.13. The molecule has 2 aromatic carbocycles. The van der Waals surface area contributed by atoms with Gasteiger partial charge in [0.1, 0.15) is 11.5 Å². The van der Waals surface area contributed by atoms with Crippen LogP contribution in [0.25, 0.3) is 0 Å². The Labute approximate surface area is 166 Å². The van der Waals surface area contributed by atoms with Crippen LogP contribution in [0.5, 0.6) is 11.5 Å². The Bertz CT molecular complexity index is 840. The number of para-hydroxylation sites is 1. The van der Waals surface area contributed by atoms with E-state index in [1.165, 1.54) is 10.4 Å². The molecule has 0 saturated heterocycles. The fourth-order valence-electron chi connectivity index (χ4n) is 2.94. The Morgan fingerprint density at radius 1 is 0.889 bits per heavy atom. The first kappa shape index (κ1) is 19.7. The van der Waals surface area contributed by atoms with Crippen molar-refractivity contribution in [2.45, 2.75) is 45.6 Å². The van der Waals surface area contributed by atoms with Crippen molar-refractivity contribution >= 4 is 11.3 Å². The molecule has 0 bridgehead atoms. The van der Waals surface area contributed by atoms with E-state index < -0.39 is 0 Å². The van der Waals surface area contributed by atoms with Crippen molar-refractivity contribution in [1.29, 1.82) is 0 Å². The molecule has 0 radical (unpaired) electrons. The lowest BCUT2D eigenvalue weighted by atomic mass is 9.86. The van der Waals surface area contributed by atoms with Crippen LogP contribution < -0.4 is 4.74 Å². The van der Waals surface area contributed by atoms with Gasteiger partial charge in [-0.1, -0.05) is 51.1 Å². The molecule has 0 amide bonds. The van der Waals surface area contributed by atoms with Gasteiger partial charge in [-0.15, -0.1) is 11.3 Å². The molecule has 1 aromatic heterocycles. The predicted molar refractivity (Wildman–Crippen MR) is 114 cm³/mol. The lowest BCUT2D eigenvalue weighted by molar-refractivity contribution is 0.0759. The molecule has 0 spiro atoms. The average molecular weight is 381 g/mol. The van der Waals surface area contributed by atoms with E-state index in [2.05, 4.69) is 44.4 Å². The fourth-order valence-corrected chi connectivity index (χ4v) is 4.16. The van der Waals surface area contributed by atoms with Gasteiger partial charge in [-0.3, -0.25) is 0 Å². The van der Waals surface area contributed by atoms with Crippen LogP contribution in [0.4, 0.5) is 0 Å². The Morgan fingerprint density at radius 2 is 1.67 bits per heavy atom. The predicted octanol–water partition coefficient (Wildman–Crippen LogP) is 6.99. The number of ether oxygens (including phenoxy) is 2. The summed E-state index contributed by atoms with van der Waals surface area (Å²) in [5.41, 5.74) is 2.61. The summed E-state index contributed by atoms with van der Waals surface area (Å²) in [5, 5.41) is 2.27. The van der Waals surface area contributed by atoms with Crippen molar-refractivity contribution in [2.24, 2.45) is 0 Å². The summed E-state index contributed by atoms with van der Waals surface area (Å²) in [4.78, 5) is 1.42. The topological polar surface area (TPSA) is 18.5 Å². The zero-order valence-corrected chi connectivity index (χ0v) is 17.2. The number of rotatable bonds is 9. The average Bonchev–Trinajstić information content (AvgIpc) is 3.19. The summed E-state index contributed by atoms with van der Waals surface area (Å²) in [5.74, 6) is 1.69. The first-order valence-electron chi connectivity index (χ1n) is 9.60. The van der Waals surface area contributed by atoms with Crippen molar-refractivity contribution < 1.29 is 9.47 Å².